The van der Waals surface area contributed by atoms with Crippen molar-refractivity contribution in [3.8, 4) is 0 Å². The van der Waals surface area contributed by atoms with Gasteiger partial charge < -0.3 is 15.0 Å². The second kappa shape index (κ2) is 7.06. The van der Waals surface area contributed by atoms with Gasteiger partial charge in [0.2, 0.25) is 11.8 Å². The molecule has 1 N–H and O–H groups in total. The number of ether oxygens (including phenoxy) is 1. The first-order valence-corrected chi connectivity index (χ1v) is 6.92. The van der Waals surface area contributed by atoms with Crippen molar-refractivity contribution < 1.29 is 19.1 Å². The van der Waals surface area contributed by atoms with Crippen molar-refractivity contribution in [1.29, 1.82) is 0 Å². The summed E-state index contributed by atoms with van der Waals surface area (Å²) in [6.07, 6.45) is 0. The molecule has 0 radical (unpaired) electrons. The number of methoxy groups -OCH3 is 1. The van der Waals surface area contributed by atoms with Crippen molar-refractivity contribution in [2.24, 2.45) is 0 Å². The molecule has 22 heavy (non-hydrogen) atoms. The maximum Gasteiger partial charge on any atom is 0.339 e. The van der Waals surface area contributed by atoms with Crippen LogP contribution >= 0.6 is 0 Å². The molecule has 0 aromatic heterocycles. The van der Waals surface area contributed by atoms with Crippen molar-refractivity contribution >= 4 is 23.5 Å². The zero-order chi connectivity index (χ0) is 16.9. The molecule has 1 aromatic carbocycles. The highest BCUT2D eigenvalue weighted by Gasteiger charge is 2.26. The minimum atomic E-state index is -0.532. The molecular formula is C16H22N2O4. The van der Waals surface area contributed by atoms with Crippen LogP contribution in [0.3, 0.4) is 0 Å². The molecule has 120 valence electrons. The smallest absolute Gasteiger partial charge is 0.339 e. The molecule has 6 nitrogen and oxygen atoms in total. The molecule has 0 saturated carbocycles. The van der Waals surface area contributed by atoms with Gasteiger partial charge in [0, 0.05) is 12.5 Å². The van der Waals surface area contributed by atoms with Crippen LogP contribution in [0.4, 0.5) is 5.69 Å². The lowest BCUT2D eigenvalue weighted by molar-refractivity contribution is -0.137. The topological polar surface area (TPSA) is 75.7 Å². The standard InChI is InChI=1S/C16H22N2O4/c1-11(19)18(16(2,3)4)10-14(20)17-13-9-7-6-8-12(13)15(21)22-5/h6-9H,10H2,1-5H3,(H,17,20). The molecule has 0 aliphatic rings. The van der Waals surface area contributed by atoms with Gasteiger partial charge >= 0.3 is 5.97 Å². The number of anilines is 1. The molecule has 1 rings (SSSR count). The largest absolute Gasteiger partial charge is 0.465 e. The SMILES string of the molecule is COC(=O)c1ccccc1NC(=O)CN(C(C)=O)C(C)(C)C. The van der Waals surface area contributed by atoms with E-state index in [1.807, 2.05) is 20.8 Å². The number of hydrogen-bond acceptors (Lipinski definition) is 4. The van der Waals surface area contributed by atoms with E-state index in [0.717, 1.165) is 0 Å². The molecule has 0 atom stereocenters. The Bertz CT molecular complexity index is 576. The zero-order valence-electron chi connectivity index (χ0n) is 13.6. The van der Waals surface area contributed by atoms with E-state index in [1.54, 1.807) is 24.3 Å². The Morgan fingerprint density at radius 2 is 1.77 bits per heavy atom. The number of carbonyl (C=O) groups excluding carboxylic acids is 3. The van der Waals surface area contributed by atoms with E-state index in [0.29, 0.717) is 5.69 Å². The quantitative estimate of drug-likeness (QED) is 0.864. The van der Waals surface area contributed by atoms with E-state index in [9.17, 15) is 14.4 Å². The highest BCUT2D eigenvalue weighted by Crippen LogP contribution is 2.17. The van der Waals surface area contributed by atoms with Gasteiger partial charge in [-0.3, -0.25) is 9.59 Å². The van der Waals surface area contributed by atoms with Gasteiger partial charge in [0.15, 0.2) is 0 Å². The van der Waals surface area contributed by atoms with Crippen LogP contribution in [-0.4, -0.2) is 41.9 Å². The summed E-state index contributed by atoms with van der Waals surface area (Å²) in [5, 5.41) is 2.65. The number of hydrogen-bond donors (Lipinski definition) is 1. The lowest BCUT2D eigenvalue weighted by Gasteiger charge is -2.34. The summed E-state index contributed by atoms with van der Waals surface area (Å²) in [6, 6.07) is 6.56. The fraction of sp³-hybridized carbons (Fsp3) is 0.438. The summed E-state index contributed by atoms with van der Waals surface area (Å²) in [5.74, 6) is -1.10. The molecule has 0 saturated heterocycles. The van der Waals surface area contributed by atoms with Gasteiger partial charge in [0.1, 0.15) is 6.54 Å². The van der Waals surface area contributed by atoms with E-state index >= 15 is 0 Å². The van der Waals surface area contributed by atoms with Crippen LogP contribution in [0.2, 0.25) is 0 Å². The van der Waals surface area contributed by atoms with Crippen LogP contribution in [0.1, 0.15) is 38.1 Å². The third kappa shape index (κ3) is 4.58. The molecule has 1 aromatic rings. The van der Waals surface area contributed by atoms with Crippen LogP contribution in [-0.2, 0) is 14.3 Å². The van der Waals surface area contributed by atoms with Crippen molar-refractivity contribution in [2.45, 2.75) is 33.2 Å². The van der Waals surface area contributed by atoms with Crippen molar-refractivity contribution in [3.05, 3.63) is 29.8 Å². The summed E-state index contributed by atoms with van der Waals surface area (Å²) < 4.78 is 4.68. The second-order valence-electron chi connectivity index (χ2n) is 5.86. The van der Waals surface area contributed by atoms with E-state index in [-0.39, 0.29) is 23.9 Å². The Morgan fingerprint density at radius 3 is 2.27 bits per heavy atom. The predicted molar refractivity (Wildman–Crippen MR) is 83.6 cm³/mol. The lowest BCUT2D eigenvalue weighted by atomic mass is 10.1. The minimum absolute atomic E-state index is 0.0889. The van der Waals surface area contributed by atoms with Gasteiger partial charge in [-0.1, -0.05) is 12.1 Å². The van der Waals surface area contributed by atoms with E-state index in [1.165, 1.54) is 18.9 Å². The first-order valence-electron chi connectivity index (χ1n) is 6.92. The number of benzene rings is 1. The maximum atomic E-state index is 12.2. The average Bonchev–Trinajstić information content (AvgIpc) is 2.43. The summed E-state index contributed by atoms with van der Waals surface area (Å²) in [6.45, 7) is 6.88. The predicted octanol–water partition coefficient (Wildman–Crippen LogP) is 2.06. The molecule has 0 fully saturated rings. The van der Waals surface area contributed by atoms with Crippen LogP contribution in [0.5, 0.6) is 0 Å². The fourth-order valence-electron chi connectivity index (χ4n) is 2.03. The van der Waals surface area contributed by atoms with Crippen LogP contribution in [0, 0.1) is 0 Å². The van der Waals surface area contributed by atoms with Gasteiger partial charge in [0.05, 0.1) is 18.4 Å². The average molecular weight is 306 g/mol. The third-order valence-electron chi connectivity index (χ3n) is 3.10. The molecule has 0 spiro atoms. The van der Waals surface area contributed by atoms with Crippen LogP contribution < -0.4 is 5.32 Å². The summed E-state index contributed by atoms with van der Waals surface area (Å²) in [5.41, 5.74) is 0.158. The Hall–Kier alpha value is -2.37. The first kappa shape index (κ1) is 17.7. The molecule has 0 bridgehead atoms. The highest BCUT2D eigenvalue weighted by molar-refractivity contribution is 6.02. The Morgan fingerprint density at radius 1 is 1.18 bits per heavy atom. The van der Waals surface area contributed by atoms with Crippen molar-refractivity contribution in [1.82, 2.24) is 4.90 Å². The van der Waals surface area contributed by atoms with Gasteiger partial charge in [-0.15, -0.1) is 0 Å². The highest BCUT2D eigenvalue weighted by atomic mass is 16.5. The number of para-hydroxylation sites is 1. The van der Waals surface area contributed by atoms with Gasteiger partial charge in [0.25, 0.3) is 0 Å². The Balaban J connectivity index is 2.90. The number of amides is 2. The number of rotatable bonds is 4. The van der Waals surface area contributed by atoms with E-state index in [4.69, 9.17) is 0 Å². The lowest BCUT2D eigenvalue weighted by Crippen LogP contribution is -2.48. The summed E-state index contributed by atoms with van der Waals surface area (Å²) >= 11 is 0. The molecule has 0 aliphatic heterocycles. The third-order valence-corrected chi connectivity index (χ3v) is 3.10. The van der Waals surface area contributed by atoms with Crippen LogP contribution in [0.15, 0.2) is 24.3 Å². The summed E-state index contributed by atoms with van der Waals surface area (Å²) in [7, 11) is 1.28. The normalized spacial score (nSPS) is 10.8. The number of nitrogens with one attached hydrogen (secondary N) is 1. The second-order valence-corrected chi connectivity index (χ2v) is 5.86. The molecule has 2 amide bonds. The molecule has 0 heterocycles. The fourth-order valence-corrected chi connectivity index (χ4v) is 2.03. The van der Waals surface area contributed by atoms with Crippen molar-refractivity contribution in [3.63, 3.8) is 0 Å². The van der Waals surface area contributed by atoms with Crippen LogP contribution in [0.25, 0.3) is 0 Å². The molecule has 0 unspecified atom stereocenters. The first-order chi connectivity index (χ1) is 10.2. The maximum absolute atomic E-state index is 12.2. The Kier molecular flexibility index (Phi) is 5.68. The molecular weight excluding hydrogens is 284 g/mol. The number of esters is 1. The van der Waals surface area contributed by atoms with Gasteiger partial charge in [-0.25, -0.2) is 4.79 Å². The number of carbonyl (C=O) groups is 3. The van der Waals surface area contributed by atoms with Gasteiger partial charge in [-0.2, -0.15) is 0 Å². The zero-order valence-corrected chi connectivity index (χ0v) is 13.6. The molecule has 6 heteroatoms. The van der Waals surface area contributed by atoms with E-state index < -0.39 is 11.5 Å². The minimum Gasteiger partial charge on any atom is -0.465 e. The Labute approximate surface area is 130 Å². The number of nitrogens with zero attached hydrogens (tertiary/aromatic N) is 1. The van der Waals surface area contributed by atoms with Crippen molar-refractivity contribution in [2.75, 3.05) is 19.0 Å². The van der Waals surface area contributed by atoms with Gasteiger partial charge in [-0.05, 0) is 32.9 Å². The summed E-state index contributed by atoms with van der Waals surface area (Å²) in [4.78, 5) is 37.0. The van der Waals surface area contributed by atoms with E-state index in [2.05, 4.69) is 10.1 Å². The molecule has 0 aliphatic carbocycles. The monoisotopic (exact) mass is 306 g/mol.